The standard InChI is InChI=1S/C18H32N4O3/c1-15(2)3-4-17-19-18(25-20-17)14-22-6-5-16(13-22)24-12-9-21-7-10-23-11-8-21/h15-16H,3-14H2,1-2H3/t16-/m1/s1. The number of rotatable bonds is 9. The van der Waals surface area contributed by atoms with E-state index in [1.807, 2.05) is 0 Å². The van der Waals surface area contributed by atoms with Gasteiger partial charge in [-0.25, -0.2) is 0 Å². The molecular weight excluding hydrogens is 320 g/mol. The van der Waals surface area contributed by atoms with Crippen LogP contribution in [0, 0.1) is 5.92 Å². The van der Waals surface area contributed by atoms with Crippen LogP contribution in [0.5, 0.6) is 0 Å². The van der Waals surface area contributed by atoms with Crippen LogP contribution in [0.1, 0.15) is 38.4 Å². The van der Waals surface area contributed by atoms with Crippen LogP contribution >= 0.6 is 0 Å². The van der Waals surface area contributed by atoms with Gasteiger partial charge < -0.3 is 14.0 Å². The smallest absolute Gasteiger partial charge is 0.240 e. The Hall–Kier alpha value is -1.02. The van der Waals surface area contributed by atoms with Gasteiger partial charge in [0.05, 0.1) is 32.5 Å². The molecule has 25 heavy (non-hydrogen) atoms. The first-order valence-corrected chi connectivity index (χ1v) is 9.64. The molecule has 2 saturated heterocycles. The van der Waals surface area contributed by atoms with Gasteiger partial charge in [-0.3, -0.25) is 9.80 Å². The van der Waals surface area contributed by atoms with Crippen LogP contribution in [0.3, 0.4) is 0 Å². The lowest BCUT2D eigenvalue weighted by atomic mass is 10.1. The van der Waals surface area contributed by atoms with Gasteiger partial charge in [-0.05, 0) is 18.8 Å². The number of nitrogens with zero attached hydrogens (tertiary/aromatic N) is 4. The first-order valence-electron chi connectivity index (χ1n) is 9.64. The molecular formula is C18H32N4O3. The fourth-order valence-corrected chi connectivity index (χ4v) is 3.31. The van der Waals surface area contributed by atoms with Gasteiger partial charge in [0.15, 0.2) is 5.82 Å². The van der Waals surface area contributed by atoms with Crippen LogP contribution < -0.4 is 0 Å². The zero-order valence-electron chi connectivity index (χ0n) is 15.7. The molecule has 0 bridgehead atoms. The van der Waals surface area contributed by atoms with E-state index in [9.17, 15) is 0 Å². The fourth-order valence-electron chi connectivity index (χ4n) is 3.31. The zero-order chi connectivity index (χ0) is 17.5. The summed E-state index contributed by atoms with van der Waals surface area (Å²) in [5, 5.41) is 4.09. The van der Waals surface area contributed by atoms with Crippen molar-refractivity contribution in [2.24, 2.45) is 5.92 Å². The van der Waals surface area contributed by atoms with Gasteiger partial charge in [0.25, 0.3) is 0 Å². The Balaban J connectivity index is 1.32. The predicted octanol–water partition coefficient (Wildman–Crippen LogP) is 1.58. The predicted molar refractivity (Wildman–Crippen MR) is 94.4 cm³/mol. The van der Waals surface area contributed by atoms with Crippen molar-refractivity contribution in [3.63, 3.8) is 0 Å². The summed E-state index contributed by atoms with van der Waals surface area (Å²) in [6.07, 6.45) is 3.40. The number of aryl methyl sites for hydroxylation is 1. The molecule has 0 aliphatic carbocycles. The second-order valence-corrected chi connectivity index (χ2v) is 7.51. The van der Waals surface area contributed by atoms with Gasteiger partial charge in [-0.15, -0.1) is 0 Å². The molecule has 0 amide bonds. The molecule has 3 rings (SSSR count). The highest BCUT2D eigenvalue weighted by atomic mass is 16.5. The third-order valence-corrected chi connectivity index (χ3v) is 4.91. The molecule has 7 heteroatoms. The molecule has 0 saturated carbocycles. The van der Waals surface area contributed by atoms with Crippen LogP contribution in [0.4, 0.5) is 0 Å². The molecule has 2 aliphatic rings. The lowest BCUT2D eigenvalue weighted by molar-refractivity contribution is 0.00387. The molecule has 0 unspecified atom stereocenters. The second kappa shape index (κ2) is 9.62. The summed E-state index contributed by atoms with van der Waals surface area (Å²) in [5.74, 6) is 2.23. The minimum absolute atomic E-state index is 0.323. The average molecular weight is 352 g/mol. The van der Waals surface area contributed by atoms with Crippen molar-refractivity contribution in [2.75, 3.05) is 52.5 Å². The van der Waals surface area contributed by atoms with E-state index >= 15 is 0 Å². The van der Waals surface area contributed by atoms with Gasteiger partial charge >= 0.3 is 0 Å². The Morgan fingerprint density at radius 1 is 1.20 bits per heavy atom. The van der Waals surface area contributed by atoms with Crippen LogP contribution in [0.2, 0.25) is 0 Å². The lowest BCUT2D eigenvalue weighted by Gasteiger charge is -2.26. The van der Waals surface area contributed by atoms with Crippen LogP contribution in [-0.2, 0) is 22.4 Å². The Morgan fingerprint density at radius 2 is 2.04 bits per heavy atom. The van der Waals surface area contributed by atoms with Gasteiger partial charge in [0, 0.05) is 39.1 Å². The van der Waals surface area contributed by atoms with Crippen LogP contribution in [0.25, 0.3) is 0 Å². The lowest BCUT2D eigenvalue weighted by Crippen LogP contribution is -2.38. The molecule has 2 fully saturated rings. The van der Waals surface area contributed by atoms with E-state index in [0.29, 0.717) is 12.0 Å². The minimum atomic E-state index is 0.323. The van der Waals surface area contributed by atoms with E-state index < -0.39 is 0 Å². The number of likely N-dealkylation sites (tertiary alicyclic amines) is 1. The molecule has 1 aromatic rings. The number of aromatic nitrogens is 2. The highest BCUT2D eigenvalue weighted by molar-refractivity contribution is 4.88. The maximum absolute atomic E-state index is 6.05. The molecule has 0 N–H and O–H groups in total. The van der Waals surface area contributed by atoms with E-state index in [1.54, 1.807) is 0 Å². The highest BCUT2D eigenvalue weighted by Crippen LogP contribution is 2.16. The van der Waals surface area contributed by atoms with Crippen molar-refractivity contribution in [1.82, 2.24) is 19.9 Å². The maximum atomic E-state index is 6.05. The molecule has 1 atom stereocenters. The van der Waals surface area contributed by atoms with Crippen molar-refractivity contribution < 1.29 is 14.0 Å². The second-order valence-electron chi connectivity index (χ2n) is 7.51. The summed E-state index contributed by atoms with van der Waals surface area (Å²) in [5.41, 5.74) is 0. The Bertz CT molecular complexity index is 502. The molecule has 3 heterocycles. The van der Waals surface area contributed by atoms with Crippen LogP contribution in [0.15, 0.2) is 4.52 Å². The Labute approximate surface area is 150 Å². The number of hydrogen-bond acceptors (Lipinski definition) is 7. The third kappa shape index (κ3) is 6.33. The maximum Gasteiger partial charge on any atom is 0.240 e. The van der Waals surface area contributed by atoms with E-state index in [0.717, 1.165) is 90.1 Å². The van der Waals surface area contributed by atoms with Gasteiger partial charge in [-0.1, -0.05) is 19.0 Å². The van der Waals surface area contributed by atoms with E-state index in [-0.39, 0.29) is 0 Å². The van der Waals surface area contributed by atoms with Crippen molar-refractivity contribution >= 4 is 0 Å². The first-order chi connectivity index (χ1) is 12.2. The van der Waals surface area contributed by atoms with Crippen molar-refractivity contribution in [3.8, 4) is 0 Å². The normalized spacial score (nSPS) is 22.9. The zero-order valence-corrected chi connectivity index (χ0v) is 15.7. The quantitative estimate of drug-likeness (QED) is 0.668. The Kier molecular flexibility index (Phi) is 7.22. The summed E-state index contributed by atoms with van der Waals surface area (Å²) < 4.78 is 16.8. The topological polar surface area (TPSA) is 63.9 Å². The van der Waals surface area contributed by atoms with Crippen molar-refractivity contribution in [1.29, 1.82) is 0 Å². The van der Waals surface area contributed by atoms with Crippen molar-refractivity contribution in [3.05, 3.63) is 11.7 Å². The molecule has 0 aromatic carbocycles. The summed E-state index contributed by atoms with van der Waals surface area (Å²) >= 11 is 0. The summed E-state index contributed by atoms with van der Waals surface area (Å²) in [6.45, 7) is 12.7. The molecule has 142 valence electrons. The van der Waals surface area contributed by atoms with E-state index in [1.165, 1.54) is 0 Å². The number of hydrogen-bond donors (Lipinski definition) is 0. The van der Waals surface area contributed by atoms with Gasteiger partial charge in [0.2, 0.25) is 5.89 Å². The number of ether oxygens (including phenoxy) is 2. The van der Waals surface area contributed by atoms with E-state index in [4.69, 9.17) is 14.0 Å². The third-order valence-electron chi connectivity index (χ3n) is 4.91. The highest BCUT2D eigenvalue weighted by Gasteiger charge is 2.25. The Morgan fingerprint density at radius 3 is 2.84 bits per heavy atom. The first kappa shape index (κ1) is 18.8. The average Bonchev–Trinajstić information content (AvgIpc) is 3.24. The monoisotopic (exact) mass is 352 g/mol. The molecule has 0 spiro atoms. The SMILES string of the molecule is CC(C)CCc1noc(CN2CC[C@@H](OCCN3CCOCC3)C2)n1. The summed E-state index contributed by atoms with van der Waals surface area (Å²) in [7, 11) is 0. The number of morpholine rings is 1. The van der Waals surface area contributed by atoms with Gasteiger partial charge in [0.1, 0.15) is 0 Å². The fraction of sp³-hybridized carbons (Fsp3) is 0.889. The molecule has 1 aromatic heterocycles. The largest absolute Gasteiger partial charge is 0.379 e. The molecule has 7 nitrogen and oxygen atoms in total. The van der Waals surface area contributed by atoms with Gasteiger partial charge in [-0.2, -0.15) is 4.98 Å². The summed E-state index contributed by atoms with van der Waals surface area (Å²) in [6, 6.07) is 0. The molecule has 2 aliphatic heterocycles. The van der Waals surface area contributed by atoms with Crippen LogP contribution in [-0.4, -0.2) is 78.6 Å². The van der Waals surface area contributed by atoms with E-state index in [2.05, 4.69) is 33.8 Å². The molecule has 0 radical (unpaired) electrons. The van der Waals surface area contributed by atoms with Crippen molar-refractivity contribution in [2.45, 2.75) is 45.8 Å². The minimum Gasteiger partial charge on any atom is -0.379 e. The summed E-state index contributed by atoms with van der Waals surface area (Å²) in [4.78, 5) is 9.27.